The lowest BCUT2D eigenvalue weighted by molar-refractivity contribution is -0.260. The smallest absolute Gasteiger partial charge is 0.312 e. The van der Waals surface area contributed by atoms with Gasteiger partial charge in [0.2, 0.25) is 0 Å². The lowest BCUT2D eigenvalue weighted by Crippen LogP contribution is -2.69. The van der Waals surface area contributed by atoms with Gasteiger partial charge in [0.05, 0.1) is 24.5 Å². The normalized spacial score (nSPS) is 47.7. The Labute approximate surface area is 250 Å². The molecule has 0 spiro atoms. The molecule has 6 heteroatoms. The van der Waals surface area contributed by atoms with Gasteiger partial charge in [0.25, 0.3) is 0 Å². The van der Waals surface area contributed by atoms with E-state index in [0.29, 0.717) is 6.61 Å². The number of carbonyl (C=O) groups is 2. The second kappa shape index (κ2) is 10.5. The minimum Gasteiger partial charge on any atom is -0.465 e. The van der Waals surface area contributed by atoms with Crippen LogP contribution in [-0.4, -0.2) is 41.2 Å². The first-order valence-corrected chi connectivity index (χ1v) is 16.8. The van der Waals surface area contributed by atoms with Gasteiger partial charge in [-0.1, -0.05) is 61.0 Å². The van der Waals surface area contributed by atoms with Crippen LogP contribution in [0.4, 0.5) is 0 Å². The number of hydrogen-bond acceptors (Lipinski definition) is 5. The number of esters is 2. The van der Waals surface area contributed by atoms with Crippen molar-refractivity contribution < 1.29 is 24.2 Å². The number of carbonyl (C=O) groups excluding carboxylic acids is 2. The molecule has 224 valence electrons. The van der Waals surface area contributed by atoms with Crippen molar-refractivity contribution >= 4 is 27.9 Å². The minimum absolute atomic E-state index is 0.0192. The minimum atomic E-state index is -0.761. The first-order chi connectivity index (χ1) is 18.8. The predicted molar refractivity (Wildman–Crippen MR) is 161 cm³/mol. The van der Waals surface area contributed by atoms with Crippen LogP contribution < -0.4 is 0 Å². The molecule has 4 saturated carbocycles. The number of allylic oxidation sites excluding steroid dienone is 2. The first-order valence-electron chi connectivity index (χ1n) is 15.7. The molecule has 40 heavy (non-hydrogen) atoms. The lowest BCUT2D eigenvalue weighted by Gasteiger charge is -2.71. The van der Waals surface area contributed by atoms with Gasteiger partial charge in [0, 0.05) is 16.7 Å². The molecular weight excluding hydrogens is 568 g/mol. The Hall–Kier alpha value is -1.14. The van der Waals surface area contributed by atoms with E-state index in [1.807, 2.05) is 0 Å². The van der Waals surface area contributed by atoms with E-state index in [1.54, 1.807) is 0 Å². The topological polar surface area (TPSA) is 72.8 Å². The molecule has 0 aromatic heterocycles. The number of aliphatic hydroxyl groups excluding tert-OH is 1. The van der Waals surface area contributed by atoms with Gasteiger partial charge in [-0.05, 0) is 106 Å². The van der Waals surface area contributed by atoms with Crippen molar-refractivity contribution in [2.75, 3.05) is 11.9 Å². The zero-order chi connectivity index (χ0) is 29.3. The third-order valence-electron chi connectivity index (χ3n) is 13.3. The molecule has 5 aliphatic rings. The van der Waals surface area contributed by atoms with Crippen molar-refractivity contribution in [1.29, 1.82) is 0 Å². The fourth-order valence-electron chi connectivity index (χ4n) is 11.3. The highest BCUT2D eigenvalue weighted by Gasteiger charge is 2.74. The van der Waals surface area contributed by atoms with Gasteiger partial charge in [0.1, 0.15) is 6.10 Å². The van der Waals surface area contributed by atoms with Gasteiger partial charge >= 0.3 is 11.9 Å². The maximum Gasteiger partial charge on any atom is 0.312 e. The molecule has 5 nitrogen and oxygen atoms in total. The first kappa shape index (κ1) is 30.3. The zero-order valence-electron chi connectivity index (χ0n) is 25.4. The summed E-state index contributed by atoms with van der Waals surface area (Å²) in [6.07, 6.45) is 7.13. The van der Waals surface area contributed by atoms with E-state index in [-0.39, 0.29) is 64.9 Å². The number of unbranched alkanes of at least 4 members (excludes halogenated alkanes) is 1. The zero-order valence-corrected chi connectivity index (χ0v) is 27.0. The van der Waals surface area contributed by atoms with Crippen LogP contribution in [0.2, 0.25) is 0 Å². The van der Waals surface area contributed by atoms with Gasteiger partial charge in [-0.2, -0.15) is 0 Å². The molecule has 5 rings (SSSR count). The Kier molecular flexibility index (Phi) is 7.99. The standard InChI is InChI=1S/C34H51BrO5/c1-20(2)22-10-13-34(30(38)39-17-9-8-16-35)15-14-31(5)24(28(22)34)18-25-29-32(31,6)12-11-23(21(3)4)33(29,7)26(36)19-27(37)40-25/h22-26,28-29,36H,1,3,8-19H2,2,4-7H3/t22-,23-,24+,25+,26+,28+,29-,31+,32+,33+,34-/m0/s1. The highest BCUT2D eigenvalue weighted by Crippen LogP contribution is 2.77. The third-order valence-corrected chi connectivity index (χ3v) is 13.9. The molecule has 11 atom stereocenters. The van der Waals surface area contributed by atoms with Crippen LogP contribution in [0, 0.1) is 51.2 Å². The molecule has 1 aliphatic heterocycles. The van der Waals surface area contributed by atoms with Crippen molar-refractivity contribution in [3.8, 4) is 0 Å². The second-order valence-corrected chi connectivity index (χ2v) is 15.7. The van der Waals surface area contributed by atoms with E-state index in [0.717, 1.165) is 74.3 Å². The number of fused-ring (bicyclic) bond motifs is 4. The van der Waals surface area contributed by atoms with E-state index in [1.165, 1.54) is 0 Å². The van der Waals surface area contributed by atoms with Gasteiger partial charge in [-0.15, -0.1) is 0 Å². The van der Waals surface area contributed by atoms with Crippen molar-refractivity contribution in [3.05, 3.63) is 24.3 Å². The Bertz CT molecular complexity index is 1070. The van der Waals surface area contributed by atoms with Crippen LogP contribution in [0.5, 0.6) is 0 Å². The molecule has 0 radical (unpaired) electrons. The second-order valence-electron chi connectivity index (χ2n) is 14.9. The number of aliphatic hydroxyl groups is 1. The van der Waals surface area contributed by atoms with Crippen molar-refractivity contribution in [2.45, 2.75) is 111 Å². The summed E-state index contributed by atoms with van der Waals surface area (Å²) in [4.78, 5) is 27.2. The Morgan fingerprint density at radius 3 is 2.42 bits per heavy atom. The molecular formula is C34H51BrO5. The lowest BCUT2D eigenvalue weighted by atomic mass is 9.33. The number of halogens is 1. The molecule has 0 bridgehead atoms. The molecule has 4 aliphatic carbocycles. The fraction of sp³-hybridized carbons (Fsp3) is 0.824. The predicted octanol–water partition coefficient (Wildman–Crippen LogP) is 7.40. The van der Waals surface area contributed by atoms with Crippen LogP contribution in [0.25, 0.3) is 0 Å². The summed E-state index contributed by atoms with van der Waals surface area (Å²) in [7, 11) is 0. The van der Waals surface area contributed by atoms with Gasteiger partial charge in [-0.25, -0.2) is 0 Å². The number of rotatable bonds is 7. The summed E-state index contributed by atoms with van der Waals surface area (Å²) in [5.74, 6) is 0.453. The fourth-order valence-corrected chi connectivity index (χ4v) is 11.7. The molecule has 0 unspecified atom stereocenters. The molecule has 0 amide bonds. The maximum atomic E-state index is 14.0. The summed E-state index contributed by atoms with van der Waals surface area (Å²) in [6, 6.07) is 0. The van der Waals surface area contributed by atoms with Crippen LogP contribution in [0.1, 0.15) is 98.8 Å². The van der Waals surface area contributed by atoms with Gasteiger partial charge in [0.15, 0.2) is 0 Å². The SMILES string of the molecule is C=C(C)[C@@H]1CC[C@]2(C(=O)OCCCCBr)CC[C@]3(C)[C@H](C[C@H]4OC(=O)C[C@@H](O)[C@]5(C)[C@@H]4[C@@]3(C)CC[C@H]5C(=C)C)[C@@H]12. The van der Waals surface area contributed by atoms with E-state index < -0.39 is 16.9 Å². The van der Waals surface area contributed by atoms with E-state index in [2.05, 4.69) is 63.7 Å². The summed E-state index contributed by atoms with van der Waals surface area (Å²) in [5, 5.41) is 12.6. The molecule has 1 heterocycles. The largest absolute Gasteiger partial charge is 0.465 e. The van der Waals surface area contributed by atoms with Crippen molar-refractivity contribution in [1.82, 2.24) is 0 Å². The summed E-state index contributed by atoms with van der Waals surface area (Å²) in [5.41, 5.74) is 1.04. The summed E-state index contributed by atoms with van der Waals surface area (Å²) < 4.78 is 12.4. The highest BCUT2D eigenvalue weighted by atomic mass is 79.9. The number of hydrogen-bond donors (Lipinski definition) is 1. The average molecular weight is 620 g/mol. The van der Waals surface area contributed by atoms with E-state index >= 15 is 0 Å². The van der Waals surface area contributed by atoms with Gasteiger partial charge < -0.3 is 14.6 Å². The highest BCUT2D eigenvalue weighted by molar-refractivity contribution is 9.09. The monoisotopic (exact) mass is 618 g/mol. The molecule has 1 N–H and O–H groups in total. The third kappa shape index (κ3) is 4.15. The van der Waals surface area contributed by atoms with Crippen LogP contribution in [0.3, 0.4) is 0 Å². The quantitative estimate of drug-likeness (QED) is 0.139. The summed E-state index contributed by atoms with van der Waals surface area (Å²) >= 11 is 3.48. The van der Waals surface area contributed by atoms with Crippen LogP contribution in [0.15, 0.2) is 24.3 Å². The summed E-state index contributed by atoms with van der Waals surface area (Å²) in [6.45, 7) is 20.5. The van der Waals surface area contributed by atoms with Crippen molar-refractivity contribution in [2.24, 2.45) is 51.2 Å². The van der Waals surface area contributed by atoms with Crippen molar-refractivity contribution in [3.63, 3.8) is 0 Å². The van der Waals surface area contributed by atoms with Crippen LogP contribution in [-0.2, 0) is 19.1 Å². The van der Waals surface area contributed by atoms with E-state index in [4.69, 9.17) is 9.47 Å². The Morgan fingerprint density at radius 2 is 1.77 bits per heavy atom. The van der Waals surface area contributed by atoms with E-state index in [9.17, 15) is 14.7 Å². The average Bonchev–Trinajstić information content (AvgIpc) is 3.24. The molecule has 1 saturated heterocycles. The Morgan fingerprint density at radius 1 is 1.05 bits per heavy atom. The Balaban J connectivity index is 1.60. The number of ether oxygens (including phenoxy) is 2. The maximum absolute atomic E-state index is 14.0. The van der Waals surface area contributed by atoms with Crippen LogP contribution >= 0.6 is 15.9 Å². The molecule has 5 fully saturated rings. The molecule has 0 aromatic rings. The van der Waals surface area contributed by atoms with Gasteiger partial charge in [-0.3, -0.25) is 9.59 Å². The molecule has 0 aromatic carbocycles. The number of alkyl halides is 1.